The van der Waals surface area contributed by atoms with E-state index in [4.69, 9.17) is 15.7 Å². The Hall–Kier alpha value is -1.73. The highest BCUT2D eigenvalue weighted by Gasteiger charge is 2.48. The fourth-order valence-electron chi connectivity index (χ4n) is 2.75. The maximum absolute atomic E-state index is 8.81. The molecule has 0 amide bonds. The molecule has 4 heteroatoms. The summed E-state index contributed by atoms with van der Waals surface area (Å²) in [6, 6.07) is 8.34. The number of rotatable bonds is 5. The van der Waals surface area contributed by atoms with Crippen molar-refractivity contribution in [1.29, 1.82) is 5.26 Å². The second-order valence-electron chi connectivity index (χ2n) is 5.95. The van der Waals surface area contributed by atoms with Crippen LogP contribution in [0.1, 0.15) is 32.8 Å². The molecule has 0 aliphatic heterocycles. The number of hydrogen-bond acceptors (Lipinski definition) is 4. The molecule has 1 fully saturated rings. The first-order valence-electron chi connectivity index (χ1n) is 7.12. The highest BCUT2D eigenvalue weighted by molar-refractivity contribution is 5.58. The van der Waals surface area contributed by atoms with Crippen molar-refractivity contribution < 1.29 is 4.74 Å². The molecule has 1 aliphatic carbocycles. The Kier molecular flexibility index (Phi) is 4.20. The predicted octanol–water partition coefficient (Wildman–Crippen LogP) is 2.95. The monoisotopic (exact) mass is 273 g/mol. The van der Waals surface area contributed by atoms with E-state index in [0.29, 0.717) is 24.3 Å². The SMILES string of the molecule is CCOC1CC(Nc2ccc(N)c(CC#N)c2)C1(C)C. The molecule has 0 bridgehead atoms. The minimum Gasteiger partial charge on any atom is -0.398 e. The molecule has 2 rings (SSSR count). The predicted molar refractivity (Wildman–Crippen MR) is 81.4 cm³/mol. The quantitative estimate of drug-likeness (QED) is 0.809. The number of nitrogen functional groups attached to an aromatic ring is 1. The van der Waals surface area contributed by atoms with Gasteiger partial charge in [-0.25, -0.2) is 0 Å². The second-order valence-corrected chi connectivity index (χ2v) is 5.95. The molecule has 0 aromatic heterocycles. The summed E-state index contributed by atoms with van der Waals surface area (Å²) in [7, 11) is 0. The van der Waals surface area contributed by atoms with E-state index < -0.39 is 0 Å². The molecule has 1 aliphatic rings. The van der Waals surface area contributed by atoms with Gasteiger partial charge in [0.15, 0.2) is 0 Å². The van der Waals surface area contributed by atoms with Crippen LogP contribution >= 0.6 is 0 Å². The molecule has 2 unspecified atom stereocenters. The van der Waals surface area contributed by atoms with E-state index in [-0.39, 0.29) is 5.41 Å². The van der Waals surface area contributed by atoms with Gasteiger partial charge in [-0.15, -0.1) is 0 Å². The molecular formula is C16H23N3O. The Labute approximate surface area is 120 Å². The van der Waals surface area contributed by atoms with Crippen LogP contribution in [-0.2, 0) is 11.2 Å². The van der Waals surface area contributed by atoms with Crippen LogP contribution in [0.4, 0.5) is 11.4 Å². The van der Waals surface area contributed by atoms with Gasteiger partial charge >= 0.3 is 0 Å². The van der Waals surface area contributed by atoms with Gasteiger partial charge in [0, 0.05) is 29.4 Å². The Morgan fingerprint density at radius 1 is 1.50 bits per heavy atom. The number of hydrogen-bond donors (Lipinski definition) is 2. The molecule has 2 atom stereocenters. The van der Waals surface area contributed by atoms with E-state index >= 15 is 0 Å². The summed E-state index contributed by atoms with van der Waals surface area (Å²) in [4.78, 5) is 0. The van der Waals surface area contributed by atoms with Gasteiger partial charge in [-0.2, -0.15) is 5.26 Å². The van der Waals surface area contributed by atoms with Crippen molar-refractivity contribution in [2.75, 3.05) is 17.7 Å². The summed E-state index contributed by atoms with van der Waals surface area (Å²) < 4.78 is 5.74. The van der Waals surface area contributed by atoms with E-state index in [1.165, 1.54) is 0 Å². The average Bonchev–Trinajstić information content (AvgIpc) is 2.41. The van der Waals surface area contributed by atoms with Crippen molar-refractivity contribution in [3.63, 3.8) is 0 Å². The smallest absolute Gasteiger partial charge is 0.0670 e. The van der Waals surface area contributed by atoms with Gasteiger partial charge < -0.3 is 15.8 Å². The molecule has 0 radical (unpaired) electrons. The number of nitrogens with one attached hydrogen (secondary N) is 1. The zero-order chi connectivity index (χ0) is 14.8. The second kappa shape index (κ2) is 5.72. The van der Waals surface area contributed by atoms with E-state index in [1.54, 1.807) is 0 Å². The van der Waals surface area contributed by atoms with Crippen LogP contribution in [0.15, 0.2) is 18.2 Å². The number of anilines is 2. The lowest BCUT2D eigenvalue weighted by molar-refractivity contribution is -0.0975. The van der Waals surface area contributed by atoms with Gasteiger partial charge in [-0.1, -0.05) is 13.8 Å². The Morgan fingerprint density at radius 3 is 2.85 bits per heavy atom. The maximum Gasteiger partial charge on any atom is 0.0670 e. The number of nitrogens with zero attached hydrogens (tertiary/aromatic N) is 1. The van der Waals surface area contributed by atoms with Gasteiger partial charge in [-0.05, 0) is 37.1 Å². The van der Waals surface area contributed by atoms with Gasteiger partial charge in [0.1, 0.15) is 0 Å². The molecule has 4 nitrogen and oxygen atoms in total. The average molecular weight is 273 g/mol. The van der Waals surface area contributed by atoms with Crippen molar-refractivity contribution >= 4 is 11.4 Å². The van der Waals surface area contributed by atoms with Crippen LogP contribution in [0.5, 0.6) is 0 Å². The van der Waals surface area contributed by atoms with E-state index in [9.17, 15) is 0 Å². The maximum atomic E-state index is 8.81. The molecule has 3 N–H and O–H groups in total. The lowest BCUT2D eigenvalue weighted by atomic mass is 9.64. The highest BCUT2D eigenvalue weighted by atomic mass is 16.5. The van der Waals surface area contributed by atoms with Crippen LogP contribution in [0.25, 0.3) is 0 Å². The first-order valence-corrected chi connectivity index (χ1v) is 7.12. The molecule has 0 spiro atoms. The topological polar surface area (TPSA) is 71.1 Å². The fraction of sp³-hybridized carbons (Fsp3) is 0.562. The van der Waals surface area contributed by atoms with Crippen LogP contribution in [0.3, 0.4) is 0 Å². The standard InChI is InChI=1S/C16H23N3O/c1-4-20-15-10-14(16(15,2)3)19-12-5-6-13(18)11(9-12)7-8-17/h5-6,9,14-15,19H,4,7,10,18H2,1-3H3. The van der Waals surface area contributed by atoms with Gasteiger partial charge in [0.05, 0.1) is 18.6 Å². The molecule has 108 valence electrons. The third-order valence-electron chi connectivity index (χ3n) is 4.30. The van der Waals surface area contributed by atoms with Gasteiger partial charge in [0.2, 0.25) is 0 Å². The Morgan fingerprint density at radius 2 is 2.25 bits per heavy atom. The van der Waals surface area contributed by atoms with Crippen molar-refractivity contribution in [2.24, 2.45) is 5.41 Å². The molecule has 20 heavy (non-hydrogen) atoms. The third kappa shape index (κ3) is 2.73. The Balaban J connectivity index is 2.05. The van der Waals surface area contributed by atoms with Crippen molar-refractivity contribution in [2.45, 2.75) is 45.8 Å². The number of ether oxygens (including phenoxy) is 1. The van der Waals surface area contributed by atoms with Crippen LogP contribution in [-0.4, -0.2) is 18.8 Å². The van der Waals surface area contributed by atoms with Crippen LogP contribution in [0, 0.1) is 16.7 Å². The van der Waals surface area contributed by atoms with Crippen molar-refractivity contribution in [3.05, 3.63) is 23.8 Å². The molecule has 1 aromatic carbocycles. The Bertz CT molecular complexity index is 519. The van der Waals surface area contributed by atoms with Crippen molar-refractivity contribution in [3.8, 4) is 6.07 Å². The first-order chi connectivity index (χ1) is 9.48. The van der Waals surface area contributed by atoms with Crippen LogP contribution < -0.4 is 11.1 Å². The fourth-order valence-corrected chi connectivity index (χ4v) is 2.75. The molecule has 0 heterocycles. The minimum atomic E-state index is 0.118. The summed E-state index contributed by atoms with van der Waals surface area (Å²) in [6.45, 7) is 7.24. The zero-order valence-electron chi connectivity index (χ0n) is 12.4. The molecule has 0 saturated heterocycles. The van der Waals surface area contributed by atoms with E-state index in [1.807, 2.05) is 25.1 Å². The number of benzene rings is 1. The zero-order valence-corrected chi connectivity index (χ0v) is 12.4. The lowest BCUT2D eigenvalue weighted by Gasteiger charge is -2.52. The summed E-state index contributed by atoms with van der Waals surface area (Å²) in [5.74, 6) is 0. The lowest BCUT2D eigenvalue weighted by Crippen LogP contribution is -2.58. The number of nitrogens with two attached hydrogens (primary N) is 1. The number of nitriles is 1. The summed E-state index contributed by atoms with van der Waals surface area (Å²) in [5.41, 5.74) is 8.58. The summed E-state index contributed by atoms with van der Waals surface area (Å²) >= 11 is 0. The molecule has 1 aromatic rings. The van der Waals surface area contributed by atoms with E-state index in [2.05, 4.69) is 25.2 Å². The first kappa shape index (κ1) is 14.7. The van der Waals surface area contributed by atoms with E-state index in [0.717, 1.165) is 24.3 Å². The molecule has 1 saturated carbocycles. The highest BCUT2D eigenvalue weighted by Crippen LogP contribution is 2.44. The normalized spacial score (nSPS) is 23.7. The van der Waals surface area contributed by atoms with Gasteiger partial charge in [0.25, 0.3) is 0 Å². The summed E-state index contributed by atoms with van der Waals surface area (Å²) in [5, 5.41) is 12.3. The van der Waals surface area contributed by atoms with Crippen molar-refractivity contribution in [1.82, 2.24) is 0 Å². The largest absolute Gasteiger partial charge is 0.398 e. The van der Waals surface area contributed by atoms with Crippen LogP contribution in [0.2, 0.25) is 0 Å². The summed E-state index contributed by atoms with van der Waals surface area (Å²) in [6.07, 6.45) is 1.67. The third-order valence-corrected chi connectivity index (χ3v) is 4.30. The minimum absolute atomic E-state index is 0.118. The van der Waals surface area contributed by atoms with Gasteiger partial charge in [-0.3, -0.25) is 0 Å². The molecular weight excluding hydrogens is 250 g/mol.